The normalized spacial score (nSPS) is 29.5. The summed E-state index contributed by atoms with van der Waals surface area (Å²) in [4.78, 5) is 138. The Morgan fingerprint density at radius 2 is 1.33 bits per heavy atom. The predicted molar refractivity (Wildman–Crippen MR) is 484 cm³/mol. The summed E-state index contributed by atoms with van der Waals surface area (Å²) in [6.07, 6.45) is -25.8. The van der Waals surface area contributed by atoms with Gasteiger partial charge in [-0.3, -0.25) is 43.2 Å². The molecule has 8 aliphatic heterocycles. The van der Waals surface area contributed by atoms with Crippen molar-refractivity contribution in [2.24, 2.45) is 29.0 Å². The van der Waals surface area contributed by atoms with E-state index < -0.39 is 268 Å². The van der Waals surface area contributed by atoms with Crippen molar-refractivity contribution < 1.29 is 132 Å². The van der Waals surface area contributed by atoms with Gasteiger partial charge in [-0.15, -0.1) is 0 Å². The van der Waals surface area contributed by atoms with Crippen LogP contribution in [0.2, 0.25) is 15.1 Å². The van der Waals surface area contributed by atoms with Gasteiger partial charge in [0.05, 0.1) is 64.8 Å². The third-order valence-corrected chi connectivity index (χ3v) is 27.2. The fourth-order valence-electron chi connectivity index (χ4n) is 18.1. The topological polar surface area (TPSA) is 580 Å². The molecule has 23 atom stereocenters. The average Bonchev–Trinajstić information content (AvgIpc) is 1.56. The molecule has 7 aromatic carbocycles. The van der Waals surface area contributed by atoms with Gasteiger partial charge in [0.25, 0.3) is 0 Å². The van der Waals surface area contributed by atoms with Gasteiger partial charge in [0.15, 0.2) is 41.7 Å². The Morgan fingerprint density at radius 3 is 1.96 bits per heavy atom. The van der Waals surface area contributed by atoms with Gasteiger partial charge in [0, 0.05) is 78.3 Å². The number of nitrogens with two attached hydrogens (primary N) is 3. The number of carbonyl (C=O) groups excluding carboxylic acids is 9. The number of amides is 6. The van der Waals surface area contributed by atoms with Gasteiger partial charge in [-0.05, 0) is 183 Å². The van der Waals surface area contributed by atoms with Crippen LogP contribution in [0.1, 0.15) is 168 Å². The predicted octanol–water partition coefficient (Wildman–Crippen LogP) is 5.36. The Hall–Kier alpha value is -9.89. The minimum absolute atomic E-state index is 0.113. The van der Waals surface area contributed by atoms with E-state index in [1.807, 2.05) is 36.4 Å². The zero-order chi connectivity index (χ0) is 96.6. The molecule has 134 heavy (non-hydrogen) atoms. The van der Waals surface area contributed by atoms with Crippen molar-refractivity contribution in [3.05, 3.63) is 187 Å². The lowest BCUT2D eigenvalue weighted by atomic mass is 9.84. The standard InChI is InChI=1S/C94H108Cl3N9O27S/c1-7-45(25-41(2)108)86(119)105-76-62(110)29-52(32-69(99)112)87(120)103-74-51-30-66(128-64-21-16-49(78(76)114)27-60(64)96)82(133-91-83(80(116)79(115)68(39-107)130-91)132-72-37-93(6,85(118)43(4)127-72)102-38-44-9-11-46(12-10-44)47-13-18-53(95)19-14-47)67(31-51)129-65-22-17-50(28-61(65)97)81(131-71-36-92(5,100)84(117)42(3)126-71)77-89(122)104-75(90(123)134-40-70(113)101-24-8-23-98)57-33-54(109)34-59-73(57)56-26-48(15-20-58(56)94(59,124)125)55(35-63(74)111)88(121)106-77/h9-22,26-28,30-31,33-34,41-43,45,52,55,68,71-72,74-81,83-85,91,102,107-109,114-118,124-125H,7-8,23-25,29,32,35-40,98,100H2,1-6H3,(H2,99,112)(H,101,113)(H,103,120)(H,104,122)(H,105,119)(H,106,121). The first-order chi connectivity index (χ1) is 63.5. The second kappa shape index (κ2) is 41.6. The molecule has 8 heterocycles. The molecule has 3 fully saturated rings. The number of ether oxygens (including phenoxy) is 8. The van der Waals surface area contributed by atoms with Gasteiger partial charge in [-0.2, -0.15) is 0 Å². The van der Waals surface area contributed by atoms with E-state index in [9.17, 15) is 65.4 Å². The molecule has 0 radical (unpaired) electrons. The van der Waals surface area contributed by atoms with Gasteiger partial charge < -0.3 is 138 Å². The molecule has 36 nitrogen and oxygen atoms in total. The van der Waals surface area contributed by atoms with Crippen molar-refractivity contribution in [3.63, 3.8) is 0 Å². The third-order valence-electron chi connectivity index (χ3n) is 25.5. The molecule has 718 valence electrons. The summed E-state index contributed by atoms with van der Waals surface area (Å²) in [7, 11) is 0. The second-order valence-electron chi connectivity index (χ2n) is 35.5. The maximum Gasteiger partial charge on any atom is 0.246 e. The molecule has 23 unspecified atom stereocenters. The molecule has 0 spiro atoms. The third kappa shape index (κ3) is 21.7. The Morgan fingerprint density at radius 1 is 0.694 bits per heavy atom. The molecule has 16 rings (SSSR count). The van der Waals surface area contributed by atoms with Crippen LogP contribution in [-0.4, -0.2) is 226 Å². The first-order valence-electron chi connectivity index (χ1n) is 43.9. The van der Waals surface area contributed by atoms with Crippen molar-refractivity contribution >= 4 is 98.7 Å². The van der Waals surface area contributed by atoms with Gasteiger partial charge in [-0.1, -0.05) is 114 Å². The van der Waals surface area contributed by atoms with E-state index in [1.165, 1.54) is 69.3 Å². The number of phenols is 1. The van der Waals surface area contributed by atoms with Gasteiger partial charge >= 0.3 is 0 Å². The van der Waals surface area contributed by atoms with Crippen LogP contribution in [0.25, 0.3) is 22.3 Å². The molecule has 40 heteroatoms. The van der Waals surface area contributed by atoms with Crippen molar-refractivity contribution in [1.82, 2.24) is 31.9 Å². The molecule has 0 aromatic heterocycles. The summed E-state index contributed by atoms with van der Waals surface area (Å²) in [5, 5.41) is 134. The maximum atomic E-state index is 16.9. The minimum atomic E-state index is -3.06. The fourth-order valence-corrected chi connectivity index (χ4v) is 19.4. The van der Waals surface area contributed by atoms with E-state index in [1.54, 1.807) is 32.9 Å². The zero-order valence-corrected chi connectivity index (χ0v) is 76.7. The number of hydrogen-bond acceptors (Lipinski definition) is 31. The summed E-state index contributed by atoms with van der Waals surface area (Å²) >= 11 is 21.4. The molecule has 7 aromatic rings. The number of aliphatic hydroxyl groups is 9. The highest BCUT2D eigenvalue weighted by Crippen LogP contribution is 2.54. The number of aliphatic hydroxyl groups excluding tert-OH is 7. The molecular weight excluding hydrogens is 1830 g/mol. The Labute approximate surface area is 788 Å². The lowest BCUT2D eigenvalue weighted by Crippen LogP contribution is -2.65. The van der Waals surface area contributed by atoms with Gasteiger partial charge in [0.1, 0.15) is 71.9 Å². The second-order valence-corrected chi connectivity index (χ2v) is 37.7. The summed E-state index contributed by atoms with van der Waals surface area (Å²) in [5.41, 5.74) is 16.0. The number of fused-ring (bicyclic) bond motifs is 12. The molecule has 22 N–H and O–H groups in total. The van der Waals surface area contributed by atoms with Crippen LogP contribution in [-0.2, 0) is 79.2 Å². The number of ketones is 2. The van der Waals surface area contributed by atoms with Crippen LogP contribution in [0.5, 0.6) is 34.5 Å². The van der Waals surface area contributed by atoms with E-state index in [-0.39, 0.29) is 101 Å². The number of nitrogens with one attached hydrogen (secondary N) is 6. The first kappa shape index (κ1) is 100. The van der Waals surface area contributed by atoms with Crippen molar-refractivity contribution in [1.29, 1.82) is 0 Å². The lowest BCUT2D eigenvalue weighted by molar-refractivity contribution is -0.334. The van der Waals surface area contributed by atoms with Crippen LogP contribution in [0.3, 0.4) is 0 Å². The number of carbonyl (C=O) groups is 9. The molecule has 6 amide bonds. The van der Waals surface area contributed by atoms with Crippen LogP contribution < -0.4 is 63.3 Å². The Balaban J connectivity index is 0.970. The number of primary amides is 1. The van der Waals surface area contributed by atoms with Crippen molar-refractivity contribution in [2.75, 3.05) is 25.4 Å². The number of hydrogen-bond donors (Lipinski definition) is 19. The van der Waals surface area contributed by atoms with E-state index >= 15 is 28.8 Å². The quantitative estimate of drug-likeness (QED) is 0.0267. The number of benzene rings is 7. The number of halogens is 3. The maximum absolute atomic E-state index is 16.9. The van der Waals surface area contributed by atoms with E-state index in [4.69, 9.17) is 89.9 Å². The SMILES string of the molecule is CCC(CC(C)O)C(=O)NC1C(=O)CC(CC(N)=O)C(=O)NC2C(=O)CC3C(=O)NC(C(=O)NC(C(=O)SCC(=O)NCCCN)c4cc(O)cc5c4-c4cc3ccc4C5(O)O)C(OC3CC(C)(N)C(O)C(C)O3)c3ccc(c(Cl)c3)Oc3cc2cc(c3OC2OC(CO)C(O)C(O)C2OC2CC(C)(NCc3ccc(-c4ccc(Cl)cc4)cc3)C(O)C(C)O2)Oc2ccc(cc2Cl)C1O. The smallest absolute Gasteiger partial charge is 0.246 e. The largest absolute Gasteiger partial charge is 0.508 e. The summed E-state index contributed by atoms with van der Waals surface area (Å²) in [6.45, 7) is 8.87. The monoisotopic (exact) mass is 1930 g/mol. The van der Waals surface area contributed by atoms with E-state index in [0.717, 1.165) is 47.0 Å². The molecule has 3 saturated heterocycles. The zero-order valence-electron chi connectivity index (χ0n) is 73.6. The number of thioether (sulfide) groups is 1. The number of phenolic OH excluding ortho intramolecular Hbond substituents is 1. The van der Waals surface area contributed by atoms with E-state index in [0.29, 0.717) is 23.2 Å². The molecule has 0 saturated carbocycles. The fraction of sp³-hybridized carbons (Fsp3) is 0.457. The molecule has 1 aliphatic carbocycles. The van der Waals surface area contributed by atoms with E-state index in [2.05, 4.69) is 31.9 Å². The van der Waals surface area contributed by atoms with Crippen LogP contribution >= 0.6 is 46.6 Å². The summed E-state index contributed by atoms with van der Waals surface area (Å²) in [6, 6.07) is 21.9. The summed E-state index contributed by atoms with van der Waals surface area (Å²) < 4.78 is 53.5. The van der Waals surface area contributed by atoms with Gasteiger partial charge in [0.2, 0.25) is 58.4 Å². The highest BCUT2D eigenvalue weighted by Gasteiger charge is 2.54. The van der Waals surface area contributed by atoms with Crippen LogP contribution in [0.4, 0.5) is 0 Å². The highest BCUT2D eigenvalue weighted by molar-refractivity contribution is 8.14. The highest BCUT2D eigenvalue weighted by atomic mass is 35.5. The van der Waals surface area contributed by atoms with Crippen LogP contribution in [0, 0.1) is 11.8 Å². The Kier molecular flexibility index (Phi) is 31.0. The number of rotatable bonds is 24. The molecule has 9 aliphatic rings. The Bertz CT molecular complexity index is 5610. The number of aromatic hydroxyl groups is 1. The van der Waals surface area contributed by atoms with Crippen LogP contribution in [0.15, 0.2) is 127 Å². The van der Waals surface area contributed by atoms with Crippen molar-refractivity contribution in [3.8, 4) is 56.8 Å². The summed E-state index contributed by atoms with van der Waals surface area (Å²) in [5.74, 6) is -20.5. The minimum Gasteiger partial charge on any atom is -0.508 e. The lowest BCUT2D eigenvalue weighted by Gasteiger charge is -2.48. The molecule has 11 bridgehead atoms. The first-order valence-corrected chi connectivity index (χ1v) is 46.0. The average molecular weight is 1930 g/mol. The molecular formula is C94H108Cl3N9O27S. The van der Waals surface area contributed by atoms with Gasteiger partial charge in [-0.25, -0.2) is 0 Å². The van der Waals surface area contributed by atoms with Crippen molar-refractivity contribution in [2.45, 2.75) is 232 Å². The number of Topliss-reactive ketones (excluding diaryl/α,β-unsaturated/α-hetero) is 2.